The van der Waals surface area contributed by atoms with Crippen LogP contribution in [0, 0.1) is 0 Å². The van der Waals surface area contributed by atoms with Crippen LogP contribution in [0.5, 0.6) is 0 Å². The molecule has 0 bridgehead atoms. The van der Waals surface area contributed by atoms with E-state index in [0.29, 0.717) is 15.0 Å². The highest BCUT2D eigenvalue weighted by Gasteiger charge is 2.19. The Bertz CT molecular complexity index is 642. The van der Waals surface area contributed by atoms with Crippen LogP contribution < -0.4 is 5.32 Å². The van der Waals surface area contributed by atoms with Gasteiger partial charge in [-0.3, -0.25) is 4.79 Å². The molecule has 0 fully saturated rings. The lowest BCUT2D eigenvalue weighted by Gasteiger charge is -2.06. The number of hydrogen-bond donors (Lipinski definition) is 1. The average Bonchev–Trinajstić information content (AvgIpc) is 2.87. The lowest BCUT2D eigenvalue weighted by Crippen LogP contribution is -2.15. The molecule has 1 heterocycles. The van der Waals surface area contributed by atoms with Gasteiger partial charge in [0, 0.05) is 4.47 Å². The van der Waals surface area contributed by atoms with Crippen LogP contribution in [0.1, 0.15) is 27.8 Å². The summed E-state index contributed by atoms with van der Waals surface area (Å²) in [6, 6.07) is 7.04. The molecule has 0 aliphatic carbocycles. The zero-order chi connectivity index (χ0) is 14.5. The zero-order valence-corrected chi connectivity index (χ0v) is 13.0. The van der Waals surface area contributed by atoms with E-state index in [1.807, 2.05) is 6.07 Å². The Morgan fingerprint density at radius 1 is 1.40 bits per heavy atom. The summed E-state index contributed by atoms with van der Waals surface area (Å²) in [6.45, 7) is 1.97. The number of ether oxygens (including phenoxy) is 1. The summed E-state index contributed by atoms with van der Waals surface area (Å²) in [5, 5.41) is 3.05. The van der Waals surface area contributed by atoms with E-state index in [0.717, 1.165) is 0 Å². The quantitative estimate of drug-likeness (QED) is 0.855. The molecule has 2 rings (SSSR count). The second-order valence-corrected chi connectivity index (χ2v) is 5.39. The molecule has 7 heteroatoms. The number of rotatable bonds is 4. The van der Waals surface area contributed by atoms with E-state index in [1.165, 1.54) is 16.8 Å². The van der Waals surface area contributed by atoms with Crippen LogP contribution in [0.4, 0.5) is 5.00 Å². The van der Waals surface area contributed by atoms with Gasteiger partial charge < -0.3 is 10.1 Å². The number of hydrogen-bond acceptors (Lipinski definition) is 5. The number of carbonyl (C=O) groups is 2. The number of nitrogens with one attached hydrogen (secondary N) is 1. The summed E-state index contributed by atoms with van der Waals surface area (Å²) in [5.74, 6) is -0.858. The minimum Gasteiger partial charge on any atom is -0.461 e. The smallest absolute Gasteiger partial charge is 0.360 e. The Morgan fingerprint density at radius 3 is 2.85 bits per heavy atom. The van der Waals surface area contributed by atoms with Gasteiger partial charge in [-0.05, 0) is 35.0 Å². The van der Waals surface area contributed by atoms with Crippen molar-refractivity contribution in [1.82, 2.24) is 4.98 Å². The monoisotopic (exact) mass is 354 g/mol. The second kappa shape index (κ2) is 6.62. The standard InChI is InChI=1S/C13H11BrN2O3S/c1-2-19-13(18)10-12(20-7-15-10)16-11(17)8-5-3-4-6-9(8)14/h3-7H,2H2,1H3,(H,16,17). The third-order valence-corrected chi connectivity index (χ3v) is 3.82. The number of aromatic nitrogens is 1. The Balaban J connectivity index is 2.19. The zero-order valence-electron chi connectivity index (χ0n) is 10.6. The van der Waals surface area contributed by atoms with E-state index in [4.69, 9.17) is 4.74 Å². The van der Waals surface area contributed by atoms with Crippen molar-refractivity contribution in [2.24, 2.45) is 0 Å². The minimum atomic E-state index is -0.545. The van der Waals surface area contributed by atoms with Gasteiger partial charge in [0.25, 0.3) is 5.91 Å². The van der Waals surface area contributed by atoms with Crippen molar-refractivity contribution < 1.29 is 14.3 Å². The third-order valence-electron chi connectivity index (χ3n) is 2.38. The summed E-state index contributed by atoms with van der Waals surface area (Å²) < 4.78 is 5.56. The first kappa shape index (κ1) is 14.7. The number of carbonyl (C=O) groups excluding carboxylic acids is 2. The predicted molar refractivity (Wildman–Crippen MR) is 80.2 cm³/mol. The van der Waals surface area contributed by atoms with Crippen molar-refractivity contribution in [1.29, 1.82) is 0 Å². The van der Waals surface area contributed by atoms with Gasteiger partial charge in [-0.25, -0.2) is 9.78 Å². The highest BCUT2D eigenvalue weighted by molar-refractivity contribution is 9.10. The van der Waals surface area contributed by atoms with Gasteiger partial charge in [0.1, 0.15) is 5.00 Å². The Labute approximate surface area is 128 Å². The van der Waals surface area contributed by atoms with Crippen LogP contribution in [0.2, 0.25) is 0 Å². The van der Waals surface area contributed by atoms with Crippen LogP contribution in [-0.2, 0) is 4.74 Å². The summed E-state index contributed by atoms with van der Waals surface area (Å²) in [4.78, 5) is 27.7. The van der Waals surface area contributed by atoms with E-state index < -0.39 is 5.97 Å². The molecule has 1 aromatic carbocycles. The maximum absolute atomic E-state index is 12.2. The van der Waals surface area contributed by atoms with E-state index in [1.54, 1.807) is 25.1 Å². The fourth-order valence-electron chi connectivity index (χ4n) is 1.50. The first-order valence-corrected chi connectivity index (χ1v) is 7.47. The van der Waals surface area contributed by atoms with Crippen molar-refractivity contribution >= 4 is 44.1 Å². The summed E-state index contributed by atoms with van der Waals surface area (Å²) >= 11 is 4.48. The van der Waals surface area contributed by atoms with Crippen LogP contribution in [0.15, 0.2) is 34.2 Å². The summed E-state index contributed by atoms with van der Waals surface area (Å²) in [7, 11) is 0. The Hall–Kier alpha value is -1.73. The molecule has 20 heavy (non-hydrogen) atoms. The average molecular weight is 355 g/mol. The van der Waals surface area contributed by atoms with Crippen molar-refractivity contribution in [2.45, 2.75) is 6.92 Å². The first-order valence-electron chi connectivity index (χ1n) is 5.80. The number of esters is 1. The highest BCUT2D eigenvalue weighted by atomic mass is 79.9. The van der Waals surface area contributed by atoms with E-state index in [2.05, 4.69) is 26.2 Å². The maximum atomic E-state index is 12.2. The molecular weight excluding hydrogens is 344 g/mol. The molecular formula is C13H11BrN2O3S. The molecule has 1 N–H and O–H groups in total. The number of halogens is 1. The number of amides is 1. The predicted octanol–water partition coefficient (Wildman–Crippen LogP) is 3.33. The van der Waals surface area contributed by atoms with E-state index in [-0.39, 0.29) is 18.2 Å². The molecule has 0 radical (unpaired) electrons. The third kappa shape index (κ3) is 3.23. The van der Waals surface area contributed by atoms with Gasteiger partial charge in [-0.1, -0.05) is 12.1 Å². The number of thiazole rings is 1. The van der Waals surface area contributed by atoms with Gasteiger partial charge in [0.05, 0.1) is 17.7 Å². The largest absolute Gasteiger partial charge is 0.461 e. The van der Waals surface area contributed by atoms with Crippen LogP contribution in [0.3, 0.4) is 0 Å². The van der Waals surface area contributed by atoms with Crippen molar-refractivity contribution in [3.63, 3.8) is 0 Å². The van der Waals surface area contributed by atoms with Crippen molar-refractivity contribution in [3.05, 3.63) is 45.5 Å². The normalized spacial score (nSPS) is 10.1. The van der Waals surface area contributed by atoms with Gasteiger partial charge in [-0.15, -0.1) is 11.3 Å². The SMILES string of the molecule is CCOC(=O)c1ncsc1NC(=O)c1ccccc1Br. The van der Waals surface area contributed by atoms with Gasteiger partial charge in [0.2, 0.25) is 0 Å². The number of nitrogens with zero attached hydrogens (tertiary/aromatic N) is 1. The van der Waals surface area contributed by atoms with Gasteiger partial charge in [-0.2, -0.15) is 0 Å². The fraction of sp³-hybridized carbons (Fsp3) is 0.154. The topological polar surface area (TPSA) is 68.3 Å². The van der Waals surface area contributed by atoms with Crippen LogP contribution in [-0.4, -0.2) is 23.5 Å². The van der Waals surface area contributed by atoms with E-state index >= 15 is 0 Å². The van der Waals surface area contributed by atoms with Crippen molar-refractivity contribution in [2.75, 3.05) is 11.9 Å². The molecule has 0 aliphatic rings. The molecule has 1 aromatic heterocycles. The lowest BCUT2D eigenvalue weighted by atomic mass is 10.2. The molecule has 0 spiro atoms. The van der Waals surface area contributed by atoms with Crippen LogP contribution in [0.25, 0.3) is 0 Å². The van der Waals surface area contributed by atoms with E-state index in [9.17, 15) is 9.59 Å². The molecule has 0 unspecified atom stereocenters. The molecule has 0 aliphatic heterocycles. The lowest BCUT2D eigenvalue weighted by molar-refractivity contribution is 0.0521. The fourth-order valence-corrected chi connectivity index (χ4v) is 2.62. The summed E-state index contributed by atoms with van der Waals surface area (Å²) in [6.07, 6.45) is 0. The molecule has 104 valence electrons. The summed E-state index contributed by atoms with van der Waals surface area (Å²) in [5.41, 5.74) is 2.09. The molecule has 5 nitrogen and oxygen atoms in total. The second-order valence-electron chi connectivity index (χ2n) is 3.68. The highest BCUT2D eigenvalue weighted by Crippen LogP contribution is 2.23. The molecule has 0 saturated heterocycles. The molecule has 0 atom stereocenters. The van der Waals surface area contributed by atoms with Crippen LogP contribution >= 0.6 is 27.3 Å². The van der Waals surface area contributed by atoms with Gasteiger partial charge >= 0.3 is 5.97 Å². The maximum Gasteiger partial charge on any atom is 0.360 e. The molecule has 1 amide bonds. The molecule has 0 saturated carbocycles. The first-order chi connectivity index (χ1) is 9.63. The van der Waals surface area contributed by atoms with Crippen molar-refractivity contribution in [3.8, 4) is 0 Å². The van der Waals surface area contributed by atoms with Gasteiger partial charge in [0.15, 0.2) is 5.69 Å². The number of anilines is 1. The minimum absolute atomic E-state index is 0.122. The molecule has 2 aromatic rings. The Morgan fingerprint density at radius 2 is 2.15 bits per heavy atom. The Kier molecular flexibility index (Phi) is 4.86. The number of benzene rings is 1.